The van der Waals surface area contributed by atoms with E-state index in [9.17, 15) is 9.00 Å². The molecule has 0 spiro atoms. The fourth-order valence-corrected chi connectivity index (χ4v) is 2.87. The molecule has 2 atom stereocenters. The fraction of sp³-hybridized carbons (Fsp3) is 0.818. The van der Waals surface area contributed by atoms with Gasteiger partial charge < -0.3 is 11.1 Å². The van der Waals surface area contributed by atoms with Gasteiger partial charge in [0, 0.05) is 28.9 Å². The zero-order valence-corrected chi connectivity index (χ0v) is 12.0. The van der Waals surface area contributed by atoms with E-state index in [0.29, 0.717) is 17.2 Å². The first-order chi connectivity index (χ1) is 7.88. The molecule has 1 rings (SSSR count). The van der Waals surface area contributed by atoms with Crippen molar-refractivity contribution in [1.29, 1.82) is 0 Å². The molecule has 1 fully saturated rings. The molecule has 4 nitrogen and oxygen atoms in total. The average Bonchev–Trinajstić information content (AvgIpc) is 2.11. The largest absolute Gasteiger partial charge is 0.392 e. The number of amides is 1. The summed E-state index contributed by atoms with van der Waals surface area (Å²) in [6, 6.07) is 0.0122. The average molecular weight is 276 g/mol. The quantitative estimate of drug-likeness (QED) is 0.701. The van der Waals surface area contributed by atoms with Crippen molar-refractivity contribution in [2.45, 2.75) is 38.6 Å². The molecule has 3 N–H and O–H groups in total. The lowest BCUT2D eigenvalue weighted by atomic mass is 9.68. The van der Waals surface area contributed by atoms with Crippen LogP contribution in [0.5, 0.6) is 0 Å². The first-order valence-electron chi connectivity index (χ1n) is 5.79. The third kappa shape index (κ3) is 3.48. The number of rotatable bonds is 6. The van der Waals surface area contributed by atoms with E-state index in [-0.39, 0.29) is 11.9 Å². The fourth-order valence-electron chi connectivity index (χ4n) is 1.89. The van der Waals surface area contributed by atoms with Crippen molar-refractivity contribution in [3.63, 3.8) is 0 Å². The maximum Gasteiger partial charge on any atom is 0.233 e. The summed E-state index contributed by atoms with van der Waals surface area (Å²) in [6.45, 7) is 1.91. The van der Waals surface area contributed by atoms with Crippen LogP contribution in [0, 0.1) is 5.41 Å². The molecule has 98 valence electrons. The molecule has 0 aromatic carbocycles. The number of nitrogens with one attached hydrogen (secondary N) is 1. The minimum atomic E-state index is -0.820. The van der Waals surface area contributed by atoms with E-state index in [1.807, 2.05) is 6.92 Å². The maximum absolute atomic E-state index is 12.1. The minimum Gasteiger partial charge on any atom is -0.392 e. The minimum absolute atomic E-state index is 0.0122. The Balaban J connectivity index is 2.48. The normalized spacial score (nSPS) is 21.1. The molecule has 1 aliphatic rings. The van der Waals surface area contributed by atoms with Crippen molar-refractivity contribution in [2.24, 2.45) is 11.1 Å². The van der Waals surface area contributed by atoms with Crippen LogP contribution in [0.2, 0.25) is 0 Å². The lowest BCUT2D eigenvalue weighted by molar-refractivity contribution is -0.131. The number of carbonyl (C=O) groups excluding carboxylic acids is 1. The molecule has 1 saturated carbocycles. The summed E-state index contributed by atoms with van der Waals surface area (Å²) in [5.74, 6) is 0.535. The van der Waals surface area contributed by atoms with Gasteiger partial charge in [0.15, 0.2) is 0 Å². The summed E-state index contributed by atoms with van der Waals surface area (Å²) >= 11 is 4.98. The maximum atomic E-state index is 12.1. The first-order valence-corrected chi connectivity index (χ1v) is 7.93. The van der Waals surface area contributed by atoms with E-state index in [2.05, 4.69) is 5.32 Å². The highest BCUT2D eigenvalue weighted by molar-refractivity contribution is 7.84. The molecule has 0 saturated heterocycles. The Morgan fingerprint density at radius 3 is 2.53 bits per heavy atom. The zero-order valence-electron chi connectivity index (χ0n) is 10.3. The van der Waals surface area contributed by atoms with Gasteiger partial charge in [-0.25, -0.2) is 0 Å². The Morgan fingerprint density at radius 1 is 1.59 bits per heavy atom. The van der Waals surface area contributed by atoms with E-state index in [4.69, 9.17) is 18.0 Å². The molecule has 1 aliphatic carbocycles. The van der Waals surface area contributed by atoms with Gasteiger partial charge in [-0.2, -0.15) is 0 Å². The van der Waals surface area contributed by atoms with Gasteiger partial charge in [0.2, 0.25) is 5.91 Å². The van der Waals surface area contributed by atoms with Crippen molar-refractivity contribution in [2.75, 3.05) is 12.0 Å². The summed E-state index contributed by atoms with van der Waals surface area (Å²) in [5, 5.41) is 2.92. The Kier molecular flexibility index (Phi) is 5.06. The Labute approximate surface area is 110 Å². The predicted molar refractivity (Wildman–Crippen MR) is 74.2 cm³/mol. The summed E-state index contributed by atoms with van der Waals surface area (Å²) in [6.07, 6.45) is 4.87. The lowest BCUT2D eigenvalue weighted by Crippen LogP contribution is -2.54. The number of carbonyl (C=O) groups is 1. The van der Waals surface area contributed by atoms with Gasteiger partial charge in [-0.3, -0.25) is 9.00 Å². The van der Waals surface area contributed by atoms with E-state index in [1.165, 1.54) is 0 Å². The van der Waals surface area contributed by atoms with Gasteiger partial charge in [0.05, 0.1) is 10.4 Å². The Morgan fingerprint density at radius 2 is 2.18 bits per heavy atom. The van der Waals surface area contributed by atoms with Crippen LogP contribution in [0.3, 0.4) is 0 Å². The van der Waals surface area contributed by atoms with Gasteiger partial charge >= 0.3 is 0 Å². The predicted octanol–water partition coefficient (Wildman–Crippen LogP) is 0.716. The van der Waals surface area contributed by atoms with Crippen LogP contribution < -0.4 is 11.1 Å². The number of hydrogen-bond donors (Lipinski definition) is 2. The van der Waals surface area contributed by atoms with Crippen LogP contribution in [-0.2, 0) is 15.6 Å². The topological polar surface area (TPSA) is 72.2 Å². The molecule has 0 radical (unpaired) electrons. The molecule has 17 heavy (non-hydrogen) atoms. The van der Waals surface area contributed by atoms with Crippen LogP contribution in [-0.4, -0.2) is 33.2 Å². The third-order valence-electron chi connectivity index (χ3n) is 3.33. The van der Waals surface area contributed by atoms with Crippen LogP contribution in [0.4, 0.5) is 0 Å². The van der Waals surface area contributed by atoms with Crippen LogP contribution in [0.25, 0.3) is 0 Å². The van der Waals surface area contributed by atoms with Crippen molar-refractivity contribution in [3.8, 4) is 0 Å². The molecule has 2 unspecified atom stereocenters. The van der Waals surface area contributed by atoms with Crippen molar-refractivity contribution in [3.05, 3.63) is 0 Å². The molecular weight excluding hydrogens is 256 g/mol. The lowest BCUT2D eigenvalue weighted by Gasteiger charge is -2.39. The molecule has 0 aromatic rings. The highest BCUT2D eigenvalue weighted by Crippen LogP contribution is 2.41. The van der Waals surface area contributed by atoms with E-state index in [0.717, 1.165) is 19.3 Å². The summed E-state index contributed by atoms with van der Waals surface area (Å²) in [4.78, 5) is 12.4. The summed E-state index contributed by atoms with van der Waals surface area (Å²) in [5.41, 5.74) is 5.04. The van der Waals surface area contributed by atoms with Crippen molar-refractivity contribution < 1.29 is 9.00 Å². The Bertz CT molecular complexity index is 340. The highest BCUT2D eigenvalue weighted by atomic mass is 32.2. The molecule has 1 amide bonds. The van der Waals surface area contributed by atoms with Crippen molar-refractivity contribution >= 4 is 33.9 Å². The second-order valence-electron chi connectivity index (χ2n) is 4.74. The molecule has 0 heterocycles. The Hall–Kier alpha value is -0.490. The van der Waals surface area contributed by atoms with Gasteiger partial charge in [-0.1, -0.05) is 18.6 Å². The van der Waals surface area contributed by atoms with Gasteiger partial charge in [-0.15, -0.1) is 0 Å². The second-order valence-corrected chi connectivity index (χ2v) is 6.73. The monoisotopic (exact) mass is 276 g/mol. The number of thiocarbonyl (C=S) groups is 1. The molecule has 0 aromatic heterocycles. The van der Waals surface area contributed by atoms with Crippen LogP contribution in [0.15, 0.2) is 0 Å². The molecular formula is C11H20N2O2S2. The number of nitrogens with two attached hydrogens (primary N) is 1. The van der Waals surface area contributed by atoms with Crippen molar-refractivity contribution in [1.82, 2.24) is 5.32 Å². The molecule has 0 bridgehead atoms. The second kappa shape index (κ2) is 5.91. The van der Waals surface area contributed by atoms with E-state index < -0.39 is 16.2 Å². The highest BCUT2D eigenvalue weighted by Gasteiger charge is 2.47. The first kappa shape index (κ1) is 14.6. The van der Waals surface area contributed by atoms with E-state index in [1.54, 1.807) is 6.26 Å². The summed E-state index contributed by atoms with van der Waals surface area (Å²) in [7, 11) is -0.820. The zero-order chi connectivity index (χ0) is 13.1. The summed E-state index contributed by atoms with van der Waals surface area (Å²) < 4.78 is 11.0. The number of hydrogen-bond acceptors (Lipinski definition) is 3. The van der Waals surface area contributed by atoms with E-state index >= 15 is 0 Å². The van der Waals surface area contributed by atoms with Crippen LogP contribution in [0.1, 0.15) is 32.6 Å². The third-order valence-corrected chi connectivity index (χ3v) is 4.53. The van der Waals surface area contributed by atoms with Gasteiger partial charge in [0.25, 0.3) is 0 Å². The van der Waals surface area contributed by atoms with Crippen LogP contribution >= 0.6 is 12.2 Å². The SMILES string of the molecule is CC(CCS(C)=O)NC(=O)C1(C(N)=S)CCC1. The smallest absolute Gasteiger partial charge is 0.233 e. The van der Waals surface area contributed by atoms with Gasteiger partial charge in [-0.05, 0) is 26.2 Å². The van der Waals surface area contributed by atoms with Gasteiger partial charge in [0.1, 0.15) is 0 Å². The standard InChI is InChI=1S/C11H20N2O2S2/c1-8(4-7-17(2)15)13-10(14)11(9(12)16)5-3-6-11/h8H,3-7H2,1-2H3,(H2,12,16)(H,13,14). The molecule has 0 aliphatic heterocycles. The molecule has 6 heteroatoms.